The van der Waals surface area contributed by atoms with Crippen molar-refractivity contribution in [1.29, 1.82) is 0 Å². The summed E-state index contributed by atoms with van der Waals surface area (Å²) < 4.78 is 37.8. The van der Waals surface area contributed by atoms with Gasteiger partial charge in [-0.2, -0.15) is 18.3 Å². The fraction of sp³-hybridized carbons (Fsp3) is 0.118. The second-order valence-corrected chi connectivity index (χ2v) is 4.75. The Morgan fingerprint density at radius 3 is 2.45 bits per heavy atom. The molecule has 0 aliphatic heterocycles. The minimum Gasteiger partial charge on any atom is -0.279 e. The van der Waals surface area contributed by atoms with Crippen LogP contribution in [0.1, 0.15) is 18.1 Å². The van der Waals surface area contributed by atoms with Crippen molar-refractivity contribution in [1.82, 2.24) is 0 Å². The zero-order valence-electron chi connectivity index (χ0n) is 11.9. The number of halogens is 3. The molecule has 2 rings (SSSR count). The number of benzene rings is 2. The molecule has 5 heteroatoms. The number of anilines is 1. The largest absolute Gasteiger partial charge is 0.416 e. The molecular weight excluding hydrogens is 289 g/mol. The van der Waals surface area contributed by atoms with Crippen LogP contribution >= 0.6 is 0 Å². The number of rotatable bonds is 4. The monoisotopic (exact) mass is 304 g/mol. The van der Waals surface area contributed by atoms with Crippen molar-refractivity contribution in [2.24, 2.45) is 5.10 Å². The average molecular weight is 304 g/mol. The van der Waals surface area contributed by atoms with Gasteiger partial charge in [0.05, 0.1) is 17.5 Å². The summed E-state index contributed by atoms with van der Waals surface area (Å²) in [6, 6.07) is 14.6. The van der Waals surface area contributed by atoms with Crippen LogP contribution in [0.3, 0.4) is 0 Å². The van der Waals surface area contributed by atoms with Crippen LogP contribution in [0.5, 0.6) is 0 Å². The number of hydrazone groups is 1. The molecule has 2 nitrogen and oxygen atoms in total. The van der Waals surface area contributed by atoms with Crippen molar-refractivity contribution in [3.05, 3.63) is 71.3 Å². The van der Waals surface area contributed by atoms with Crippen molar-refractivity contribution < 1.29 is 13.2 Å². The predicted molar refractivity (Wildman–Crippen MR) is 83.7 cm³/mol. The van der Waals surface area contributed by atoms with Crippen LogP contribution in [0.2, 0.25) is 0 Å². The molecule has 0 atom stereocenters. The molecule has 0 saturated carbocycles. The lowest BCUT2D eigenvalue weighted by molar-refractivity contribution is -0.137. The number of alkyl halides is 3. The summed E-state index contributed by atoms with van der Waals surface area (Å²) >= 11 is 0. The maximum absolute atomic E-state index is 12.6. The molecule has 0 aliphatic carbocycles. The lowest BCUT2D eigenvalue weighted by Gasteiger charge is -2.08. The van der Waals surface area contributed by atoms with Crippen LogP contribution in [-0.2, 0) is 6.18 Å². The van der Waals surface area contributed by atoms with Gasteiger partial charge in [-0.15, -0.1) is 0 Å². The van der Waals surface area contributed by atoms with E-state index in [1.54, 1.807) is 6.21 Å². The van der Waals surface area contributed by atoms with E-state index in [-0.39, 0.29) is 0 Å². The highest BCUT2D eigenvalue weighted by Crippen LogP contribution is 2.30. The summed E-state index contributed by atoms with van der Waals surface area (Å²) in [5.41, 5.74) is 4.10. The topological polar surface area (TPSA) is 24.4 Å². The molecular formula is C17H15F3N2. The summed E-state index contributed by atoms with van der Waals surface area (Å²) in [5, 5.41) is 3.95. The molecule has 0 spiro atoms. The molecule has 0 unspecified atom stereocenters. The summed E-state index contributed by atoms with van der Waals surface area (Å²) in [6.07, 6.45) is -0.866. The van der Waals surface area contributed by atoms with E-state index < -0.39 is 11.7 Å². The van der Waals surface area contributed by atoms with Crippen LogP contribution in [0.25, 0.3) is 6.08 Å². The lowest BCUT2D eigenvalue weighted by Crippen LogP contribution is -2.05. The van der Waals surface area contributed by atoms with Gasteiger partial charge in [-0.3, -0.25) is 5.43 Å². The number of hydrogen-bond acceptors (Lipinski definition) is 2. The van der Waals surface area contributed by atoms with E-state index in [0.29, 0.717) is 5.69 Å². The van der Waals surface area contributed by atoms with E-state index in [2.05, 4.69) is 10.5 Å². The van der Waals surface area contributed by atoms with E-state index in [1.807, 2.05) is 43.3 Å². The Morgan fingerprint density at radius 2 is 1.77 bits per heavy atom. The molecule has 0 aliphatic rings. The molecule has 0 saturated heterocycles. The quantitative estimate of drug-likeness (QED) is 0.609. The Labute approximate surface area is 127 Å². The van der Waals surface area contributed by atoms with Crippen LogP contribution < -0.4 is 5.43 Å². The molecule has 2 aromatic carbocycles. The van der Waals surface area contributed by atoms with Gasteiger partial charge in [0.2, 0.25) is 0 Å². The zero-order chi connectivity index (χ0) is 16.0. The number of allylic oxidation sites excluding steroid dienone is 1. The first-order chi connectivity index (χ1) is 10.4. The molecule has 0 radical (unpaired) electrons. The standard InChI is InChI=1S/C17H15F3N2/c1-13(10-14-6-3-2-4-7-14)12-21-22-16-9-5-8-15(11-16)17(18,19)20/h2-12,22H,1H3/b13-10+,21-12?. The summed E-state index contributed by atoms with van der Waals surface area (Å²) in [5.74, 6) is 0. The van der Waals surface area contributed by atoms with Crippen LogP contribution in [-0.4, -0.2) is 6.21 Å². The SMILES string of the molecule is C/C(C=NNc1cccc(C(F)(F)F)c1)=C\c1ccccc1. The van der Waals surface area contributed by atoms with Crippen LogP contribution in [0, 0.1) is 0 Å². The molecule has 0 amide bonds. The Bertz CT molecular complexity index is 674. The maximum atomic E-state index is 12.6. The fourth-order valence-electron chi connectivity index (χ4n) is 1.82. The van der Waals surface area contributed by atoms with Crippen molar-refractivity contribution in [2.75, 3.05) is 5.43 Å². The third-order valence-corrected chi connectivity index (χ3v) is 2.85. The van der Waals surface area contributed by atoms with Crippen molar-refractivity contribution in [2.45, 2.75) is 13.1 Å². The van der Waals surface area contributed by atoms with Crippen molar-refractivity contribution >= 4 is 18.0 Å². The molecule has 0 heterocycles. The molecule has 2 aromatic rings. The van der Waals surface area contributed by atoms with Gasteiger partial charge < -0.3 is 0 Å². The first kappa shape index (κ1) is 15.8. The van der Waals surface area contributed by atoms with Crippen LogP contribution in [0.15, 0.2) is 65.3 Å². The molecule has 0 aromatic heterocycles. The number of hydrogen-bond donors (Lipinski definition) is 1. The second kappa shape index (κ2) is 6.93. The predicted octanol–water partition coefficient (Wildman–Crippen LogP) is 5.21. The van der Waals surface area contributed by atoms with Gasteiger partial charge in [-0.05, 0) is 36.3 Å². The van der Waals surface area contributed by atoms with Gasteiger partial charge in [0.1, 0.15) is 0 Å². The zero-order valence-corrected chi connectivity index (χ0v) is 11.9. The Morgan fingerprint density at radius 1 is 1.05 bits per heavy atom. The minimum atomic E-state index is -4.36. The smallest absolute Gasteiger partial charge is 0.279 e. The Kier molecular flexibility index (Phi) is 4.99. The number of nitrogens with one attached hydrogen (secondary N) is 1. The lowest BCUT2D eigenvalue weighted by atomic mass is 10.1. The van der Waals surface area contributed by atoms with E-state index in [0.717, 1.165) is 23.3 Å². The van der Waals surface area contributed by atoms with Crippen molar-refractivity contribution in [3.8, 4) is 0 Å². The van der Waals surface area contributed by atoms with E-state index in [4.69, 9.17) is 0 Å². The molecule has 114 valence electrons. The van der Waals surface area contributed by atoms with Gasteiger partial charge in [0.15, 0.2) is 0 Å². The van der Waals surface area contributed by atoms with E-state index >= 15 is 0 Å². The van der Waals surface area contributed by atoms with Crippen LogP contribution in [0.4, 0.5) is 18.9 Å². The van der Waals surface area contributed by atoms with Gasteiger partial charge in [-0.25, -0.2) is 0 Å². The fourth-order valence-corrected chi connectivity index (χ4v) is 1.82. The molecule has 0 fully saturated rings. The third-order valence-electron chi connectivity index (χ3n) is 2.85. The van der Waals surface area contributed by atoms with Gasteiger partial charge in [-0.1, -0.05) is 42.5 Å². The first-order valence-corrected chi connectivity index (χ1v) is 6.65. The summed E-state index contributed by atoms with van der Waals surface area (Å²) in [6.45, 7) is 1.87. The maximum Gasteiger partial charge on any atom is 0.416 e. The highest BCUT2D eigenvalue weighted by Gasteiger charge is 2.30. The van der Waals surface area contributed by atoms with Gasteiger partial charge in [0, 0.05) is 0 Å². The third kappa shape index (κ3) is 4.77. The average Bonchev–Trinajstić information content (AvgIpc) is 2.48. The molecule has 22 heavy (non-hydrogen) atoms. The molecule has 0 bridgehead atoms. The normalized spacial score (nSPS) is 12.6. The highest BCUT2D eigenvalue weighted by atomic mass is 19.4. The second-order valence-electron chi connectivity index (χ2n) is 4.75. The Hall–Kier alpha value is -2.56. The highest BCUT2D eigenvalue weighted by molar-refractivity contribution is 5.85. The summed E-state index contributed by atoms with van der Waals surface area (Å²) in [4.78, 5) is 0. The van der Waals surface area contributed by atoms with Gasteiger partial charge in [0.25, 0.3) is 0 Å². The molecule has 1 N–H and O–H groups in total. The van der Waals surface area contributed by atoms with Crippen molar-refractivity contribution in [3.63, 3.8) is 0 Å². The minimum absolute atomic E-state index is 0.290. The summed E-state index contributed by atoms with van der Waals surface area (Å²) in [7, 11) is 0. The van der Waals surface area contributed by atoms with E-state index in [9.17, 15) is 13.2 Å². The number of nitrogens with zero attached hydrogens (tertiary/aromatic N) is 1. The van der Waals surface area contributed by atoms with E-state index in [1.165, 1.54) is 12.1 Å². The Balaban J connectivity index is 2.02. The first-order valence-electron chi connectivity index (χ1n) is 6.65. The van der Waals surface area contributed by atoms with Gasteiger partial charge >= 0.3 is 6.18 Å².